The van der Waals surface area contributed by atoms with Gasteiger partial charge in [0.1, 0.15) is 5.82 Å². The highest BCUT2D eigenvalue weighted by atomic mass is 35.5. The smallest absolute Gasteiger partial charge is 0.240 e. The molecule has 0 radical (unpaired) electrons. The van der Waals surface area contributed by atoms with E-state index in [2.05, 4.69) is 45.8 Å². The highest BCUT2D eigenvalue weighted by Crippen LogP contribution is 2.24. The van der Waals surface area contributed by atoms with Gasteiger partial charge in [0.05, 0.1) is 26.9 Å². The summed E-state index contributed by atoms with van der Waals surface area (Å²) in [6.45, 7) is 3.44. The van der Waals surface area contributed by atoms with Gasteiger partial charge in [0.15, 0.2) is 11.6 Å². The van der Waals surface area contributed by atoms with Gasteiger partial charge in [0.2, 0.25) is 26.0 Å². The molecule has 4 aromatic rings. The Hall–Kier alpha value is -4.48. The fraction of sp³-hybridized carbons (Fsp3) is 0.143. The van der Waals surface area contributed by atoms with Gasteiger partial charge in [0.25, 0.3) is 0 Å². The molecule has 0 atom stereocenters. The Morgan fingerprint density at radius 2 is 1.16 bits per heavy atom. The molecule has 0 aliphatic rings. The number of benzene rings is 3. The summed E-state index contributed by atoms with van der Waals surface area (Å²) in [7, 11) is -4.50. The first-order chi connectivity index (χ1) is 21.3. The second-order valence-electron chi connectivity index (χ2n) is 9.29. The van der Waals surface area contributed by atoms with E-state index in [0.29, 0.717) is 22.6 Å². The predicted octanol–water partition coefficient (Wildman–Crippen LogP) is 4.50. The van der Waals surface area contributed by atoms with Crippen molar-refractivity contribution in [2.45, 2.75) is 23.6 Å². The van der Waals surface area contributed by atoms with Crippen molar-refractivity contribution in [3.8, 4) is 0 Å². The van der Waals surface area contributed by atoms with Crippen LogP contribution in [-0.2, 0) is 20.0 Å². The van der Waals surface area contributed by atoms with Crippen molar-refractivity contribution in [2.75, 3.05) is 30.3 Å². The third kappa shape index (κ3) is 8.58. The first-order valence-corrected chi connectivity index (χ1v) is 16.5. The highest BCUT2D eigenvalue weighted by Gasteiger charge is 2.13. The summed E-state index contributed by atoms with van der Waals surface area (Å²) in [5.41, 5.74) is 8.10. The van der Waals surface area contributed by atoms with Crippen LogP contribution in [0.3, 0.4) is 0 Å². The number of nitrogens with one attached hydrogen (secondary N) is 5. The Bertz CT molecular complexity index is 1860. The van der Waals surface area contributed by atoms with E-state index in [-0.39, 0.29) is 38.1 Å². The Balaban J connectivity index is 1.61. The van der Waals surface area contributed by atoms with Crippen LogP contribution in [0.1, 0.15) is 25.0 Å². The summed E-state index contributed by atoms with van der Waals surface area (Å²) in [5, 5.41) is 11.7. The number of rotatable bonds is 12. The molecule has 0 aliphatic carbocycles. The van der Waals surface area contributed by atoms with Crippen LogP contribution in [0.2, 0.25) is 5.02 Å². The van der Waals surface area contributed by atoms with E-state index in [1.807, 2.05) is 0 Å². The lowest BCUT2D eigenvalue weighted by Gasteiger charge is -2.11. The maximum absolute atomic E-state index is 14.5. The summed E-state index contributed by atoms with van der Waals surface area (Å²) in [4.78, 5) is 8.95. The van der Waals surface area contributed by atoms with Crippen LogP contribution in [-0.4, -0.2) is 52.3 Å². The molecule has 0 saturated carbocycles. The molecule has 0 unspecified atom stereocenters. The molecule has 1 aromatic heterocycles. The maximum atomic E-state index is 14.5. The molecule has 3 aromatic carbocycles. The number of hydrogen-bond acceptors (Lipinski definition) is 11. The number of hydrogen-bond donors (Lipinski definition) is 5. The van der Waals surface area contributed by atoms with Crippen molar-refractivity contribution >= 4 is 66.3 Å². The monoisotopic (exact) mass is 673 g/mol. The van der Waals surface area contributed by atoms with Gasteiger partial charge in [-0.15, -0.1) is 0 Å². The zero-order valence-electron chi connectivity index (χ0n) is 24.4. The summed E-state index contributed by atoms with van der Waals surface area (Å²) in [6.07, 6.45) is 0. The zero-order valence-corrected chi connectivity index (χ0v) is 26.8. The standard InChI is InChI=1S/C28H29ClFN9O4S2/c1-17(19-5-10-22(11-6-19)44(40,41)31-3)36-38-26-16-27(35-28(34-26)33-25-14-9-21(29)15-24(25)30)39-37-18(2)20-7-12-23(13-8-20)45(42,43)32-4/h5-16,31-32H,1-4H3,(H3,33,34,35,38,39). The third-order valence-corrected chi connectivity index (χ3v) is 9.38. The number of sulfonamides is 2. The first kappa shape index (κ1) is 33.4. The van der Waals surface area contributed by atoms with Gasteiger partial charge in [-0.1, -0.05) is 35.9 Å². The molecule has 0 spiro atoms. The van der Waals surface area contributed by atoms with E-state index < -0.39 is 25.9 Å². The Morgan fingerprint density at radius 1 is 0.711 bits per heavy atom. The van der Waals surface area contributed by atoms with Crippen LogP contribution in [0.25, 0.3) is 0 Å². The van der Waals surface area contributed by atoms with E-state index in [0.717, 1.165) is 6.07 Å². The summed E-state index contributed by atoms with van der Waals surface area (Å²) >= 11 is 5.88. The molecule has 0 saturated heterocycles. The predicted molar refractivity (Wildman–Crippen MR) is 174 cm³/mol. The van der Waals surface area contributed by atoms with Crippen molar-refractivity contribution in [3.05, 3.63) is 94.8 Å². The van der Waals surface area contributed by atoms with Crippen LogP contribution < -0.4 is 25.6 Å². The number of nitrogens with zero attached hydrogens (tertiary/aromatic N) is 4. The fourth-order valence-electron chi connectivity index (χ4n) is 3.73. The molecule has 0 amide bonds. The van der Waals surface area contributed by atoms with Crippen LogP contribution in [0.15, 0.2) is 92.8 Å². The summed E-state index contributed by atoms with van der Waals surface area (Å²) in [5.74, 6) is -0.179. The second-order valence-corrected chi connectivity index (χ2v) is 13.5. The van der Waals surface area contributed by atoms with Crippen LogP contribution in [0.5, 0.6) is 0 Å². The van der Waals surface area contributed by atoms with E-state index in [1.165, 1.54) is 56.6 Å². The Kier molecular flexibility index (Phi) is 10.5. The van der Waals surface area contributed by atoms with Gasteiger partial charge in [-0.25, -0.2) is 30.7 Å². The van der Waals surface area contributed by atoms with Crippen molar-refractivity contribution in [1.29, 1.82) is 0 Å². The molecular formula is C28H29ClFN9O4S2. The lowest BCUT2D eigenvalue weighted by atomic mass is 10.1. The van der Waals surface area contributed by atoms with Gasteiger partial charge in [-0.05, 0) is 81.5 Å². The van der Waals surface area contributed by atoms with E-state index in [9.17, 15) is 21.2 Å². The van der Waals surface area contributed by atoms with Gasteiger partial charge >= 0.3 is 0 Å². The zero-order chi connectivity index (χ0) is 32.8. The lowest BCUT2D eigenvalue weighted by molar-refractivity contribution is 0.586. The SMILES string of the molecule is CNS(=O)(=O)c1ccc(C(C)=NNc2cc(NN=C(C)c3ccc(S(=O)(=O)NC)cc3)nc(Nc3ccc(Cl)cc3F)n2)cc1. The molecule has 236 valence electrons. The van der Waals surface area contributed by atoms with Crippen LogP contribution in [0, 0.1) is 5.82 Å². The minimum Gasteiger partial charge on any atom is -0.322 e. The average molecular weight is 674 g/mol. The maximum Gasteiger partial charge on any atom is 0.240 e. The number of aromatic nitrogens is 2. The van der Waals surface area contributed by atoms with E-state index in [1.54, 1.807) is 38.1 Å². The largest absolute Gasteiger partial charge is 0.322 e. The molecule has 45 heavy (non-hydrogen) atoms. The van der Waals surface area contributed by atoms with E-state index in [4.69, 9.17) is 11.6 Å². The molecule has 0 aliphatic heterocycles. The van der Waals surface area contributed by atoms with Gasteiger partial charge in [-0.3, -0.25) is 10.9 Å². The molecular weight excluding hydrogens is 645 g/mol. The fourth-order valence-corrected chi connectivity index (χ4v) is 5.35. The van der Waals surface area contributed by atoms with Gasteiger partial charge in [0, 0.05) is 11.1 Å². The number of hydrazone groups is 2. The van der Waals surface area contributed by atoms with Crippen molar-refractivity contribution in [2.24, 2.45) is 10.2 Å². The summed E-state index contributed by atoms with van der Waals surface area (Å²) in [6, 6.07) is 17.9. The van der Waals surface area contributed by atoms with Crippen molar-refractivity contribution in [1.82, 2.24) is 19.4 Å². The first-order valence-electron chi connectivity index (χ1n) is 13.1. The molecule has 5 N–H and O–H groups in total. The Labute approximate surface area is 265 Å². The molecule has 1 heterocycles. The molecule has 4 rings (SSSR count). The molecule has 13 nitrogen and oxygen atoms in total. The summed E-state index contributed by atoms with van der Waals surface area (Å²) < 4.78 is 67.1. The molecule has 0 bridgehead atoms. The van der Waals surface area contributed by atoms with Gasteiger partial charge in [-0.2, -0.15) is 20.2 Å². The normalized spacial score (nSPS) is 12.6. The van der Waals surface area contributed by atoms with Crippen molar-refractivity contribution in [3.63, 3.8) is 0 Å². The van der Waals surface area contributed by atoms with Crippen LogP contribution in [0.4, 0.5) is 27.7 Å². The van der Waals surface area contributed by atoms with Crippen LogP contribution >= 0.6 is 11.6 Å². The Morgan fingerprint density at radius 3 is 1.56 bits per heavy atom. The molecule has 17 heteroatoms. The number of halogens is 2. The minimum absolute atomic E-state index is 0.00711. The third-order valence-electron chi connectivity index (χ3n) is 6.28. The van der Waals surface area contributed by atoms with Gasteiger partial charge < -0.3 is 5.32 Å². The average Bonchev–Trinajstić information content (AvgIpc) is 3.04. The molecule has 0 fully saturated rings. The minimum atomic E-state index is -3.58. The topological polar surface area (TPSA) is 179 Å². The quantitative estimate of drug-likeness (QED) is 0.107. The van der Waals surface area contributed by atoms with E-state index >= 15 is 0 Å². The van der Waals surface area contributed by atoms with Crippen molar-refractivity contribution < 1.29 is 21.2 Å². The number of anilines is 4. The lowest BCUT2D eigenvalue weighted by Crippen LogP contribution is -2.18. The second kappa shape index (κ2) is 14.1. The highest BCUT2D eigenvalue weighted by molar-refractivity contribution is 7.89.